The molecule has 16 heteroatoms. The molecular weight excluding hydrogens is 530 g/mol. The van der Waals surface area contributed by atoms with Gasteiger partial charge in [-0.15, -0.1) is 23.1 Å². The van der Waals surface area contributed by atoms with Crippen LogP contribution in [0, 0.1) is 0 Å². The van der Waals surface area contributed by atoms with Crippen molar-refractivity contribution >= 4 is 73.5 Å². The quantitative estimate of drug-likeness (QED) is 0.211. The van der Waals surface area contributed by atoms with E-state index in [1.807, 2.05) is 0 Å². The molecule has 0 aromatic carbocycles. The highest BCUT2D eigenvalue weighted by atomic mass is 32.2. The van der Waals surface area contributed by atoms with Crippen LogP contribution in [0.2, 0.25) is 0 Å². The molecule has 5 rings (SSSR count). The first-order valence-electron chi connectivity index (χ1n) is 10.3. The molecule has 0 spiro atoms. The van der Waals surface area contributed by atoms with E-state index < -0.39 is 29.2 Å². The Morgan fingerprint density at radius 2 is 2.19 bits per heavy atom. The predicted octanol–water partition coefficient (Wildman–Crippen LogP) is 0.286. The molecule has 0 radical (unpaired) electrons. The van der Waals surface area contributed by atoms with Crippen molar-refractivity contribution in [2.24, 2.45) is 5.16 Å². The lowest BCUT2D eigenvalue weighted by Gasteiger charge is -2.49. The Labute approximate surface area is 214 Å². The highest BCUT2D eigenvalue weighted by Gasteiger charge is 2.54. The Morgan fingerprint density at radius 1 is 1.39 bits per heavy atom. The molecule has 2 amide bonds. The number of nitrogen functional groups attached to an aromatic ring is 1. The van der Waals surface area contributed by atoms with Crippen molar-refractivity contribution in [1.82, 2.24) is 24.1 Å². The minimum atomic E-state index is -1.29. The van der Waals surface area contributed by atoms with Gasteiger partial charge in [-0.05, 0) is 29.2 Å². The van der Waals surface area contributed by atoms with Crippen LogP contribution in [0.4, 0.5) is 5.13 Å². The normalized spacial score (nSPS) is 19.8. The summed E-state index contributed by atoms with van der Waals surface area (Å²) in [6.07, 6.45) is 1.57. The Hall–Kier alpha value is -3.76. The number of carbonyl (C=O) groups excluding carboxylic acids is 2. The highest BCUT2D eigenvalue weighted by Crippen LogP contribution is 2.41. The Balaban J connectivity index is 1.38. The maximum absolute atomic E-state index is 13.0. The molecule has 2 aliphatic heterocycles. The van der Waals surface area contributed by atoms with Crippen LogP contribution in [0.25, 0.3) is 10.2 Å². The van der Waals surface area contributed by atoms with Crippen LogP contribution in [0.3, 0.4) is 0 Å². The van der Waals surface area contributed by atoms with Crippen molar-refractivity contribution in [3.63, 3.8) is 0 Å². The predicted molar refractivity (Wildman–Crippen MR) is 134 cm³/mol. The van der Waals surface area contributed by atoms with Crippen molar-refractivity contribution in [2.45, 2.75) is 18.0 Å². The second kappa shape index (κ2) is 9.36. The zero-order chi connectivity index (χ0) is 25.6. The number of oxime groups is 1. The summed E-state index contributed by atoms with van der Waals surface area (Å²) in [5.41, 5.74) is 5.61. The van der Waals surface area contributed by atoms with Crippen LogP contribution >= 0.6 is 34.6 Å². The molecule has 0 saturated carbocycles. The number of nitrogens with zero attached hydrogens (tertiary/aromatic N) is 5. The van der Waals surface area contributed by atoms with Crippen molar-refractivity contribution in [3.05, 3.63) is 51.0 Å². The fourth-order valence-electron chi connectivity index (χ4n) is 3.89. The number of fused-ring (bicyclic) bond motifs is 2. The van der Waals surface area contributed by atoms with E-state index in [0.717, 1.165) is 27.8 Å². The maximum atomic E-state index is 13.0. The molecule has 3 aromatic rings. The summed E-state index contributed by atoms with van der Waals surface area (Å²) in [5.74, 6) is -2.34. The van der Waals surface area contributed by atoms with E-state index in [1.165, 1.54) is 28.2 Å². The van der Waals surface area contributed by atoms with Crippen LogP contribution in [0.15, 0.2) is 44.9 Å². The molecular formula is C20H17N7O6S3. The molecule has 13 nitrogen and oxygen atoms in total. The lowest BCUT2D eigenvalue weighted by Crippen LogP contribution is -2.71. The smallest absolute Gasteiger partial charge is 0.352 e. The SMILES string of the molecule is CON=C(C(=O)N[C@@H]1C(=O)N2C(C(=O)O)=C(Cn3sc4ncccc4c3=O)CS[C@H]12)c1csc(N)n1. The number of thioether (sulfide) groups is 1. The number of thiazole rings is 1. The van der Waals surface area contributed by atoms with E-state index >= 15 is 0 Å². The third-order valence-electron chi connectivity index (χ3n) is 5.46. The van der Waals surface area contributed by atoms with Gasteiger partial charge in [-0.25, -0.2) is 14.8 Å². The summed E-state index contributed by atoms with van der Waals surface area (Å²) in [4.78, 5) is 65.3. The number of carbonyl (C=O) groups is 3. The molecule has 0 unspecified atom stereocenters. The van der Waals surface area contributed by atoms with E-state index in [-0.39, 0.29) is 40.1 Å². The molecule has 2 atom stereocenters. The summed E-state index contributed by atoms with van der Waals surface area (Å²) >= 11 is 3.53. The molecule has 1 saturated heterocycles. The van der Waals surface area contributed by atoms with Gasteiger partial charge in [0.25, 0.3) is 17.4 Å². The van der Waals surface area contributed by atoms with E-state index in [9.17, 15) is 24.3 Å². The number of pyridine rings is 1. The van der Waals surface area contributed by atoms with E-state index in [1.54, 1.807) is 18.3 Å². The van der Waals surface area contributed by atoms with Gasteiger partial charge in [-0.2, -0.15) is 0 Å². The first-order valence-corrected chi connectivity index (χ1v) is 13.0. The van der Waals surface area contributed by atoms with E-state index in [0.29, 0.717) is 15.8 Å². The van der Waals surface area contributed by atoms with Crippen molar-refractivity contribution in [1.29, 1.82) is 0 Å². The zero-order valence-electron chi connectivity index (χ0n) is 18.4. The number of aromatic nitrogens is 3. The van der Waals surface area contributed by atoms with E-state index in [2.05, 4.69) is 20.4 Å². The van der Waals surface area contributed by atoms with Gasteiger partial charge in [0.2, 0.25) is 0 Å². The van der Waals surface area contributed by atoms with Crippen molar-refractivity contribution < 1.29 is 24.3 Å². The fraction of sp³-hybridized carbons (Fsp3) is 0.250. The van der Waals surface area contributed by atoms with Gasteiger partial charge in [0.15, 0.2) is 10.8 Å². The molecule has 0 bridgehead atoms. The molecule has 2 aliphatic rings. The van der Waals surface area contributed by atoms with Gasteiger partial charge in [0.05, 0.1) is 11.9 Å². The van der Waals surface area contributed by atoms with Crippen LogP contribution in [-0.4, -0.2) is 71.7 Å². The van der Waals surface area contributed by atoms with E-state index in [4.69, 9.17) is 10.6 Å². The number of carboxylic acids is 1. The van der Waals surface area contributed by atoms with Gasteiger partial charge in [0.1, 0.15) is 34.7 Å². The lowest BCUT2D eigenvalue weighted by molar-refractivity contribution is -0.150. The molecule has 0 aliphatic carbocycles. The third kappa shape index (κ3) is 4.02. The molecule has 36 heavy (non-hydrogen) atoms. The minimum absolute atomic E-state index is 0.0118. The maximum Gasteiger partial charge on any atom is 0.352 e. The first-order chi connectivity index (χ1) is 17.3. The minimum Gasteiger partial charge on any atom is -0.477 e. The van der Waals surface area contributed by atoms with Gasteiger partial charge >= 0.3 is 5.97 Å². The second-order valence-electron chi connectivity index (χ2n) is 7.60. The number of amides is 2. The average molecular weight is 548 g/mol. The molecule has 4 N–H and O–H groups in total. The number of anilines is 1. The number of hydrogen-bond donors (Lipinski definition) is 3. The summed E-state index contributed by atoms with van der Waals surface area (Å²) in [6, 6.07) is 2.33. The summed E-state index contributed by atoms with van der Waals surface area (Å²) in [7, 11) is 1.26. The largest absolute Gasteiger partial charge is 0.477 e. The number of nitrogens with one attached hydrogen (secondary N) is 1. The first kappa shape index (κ1) is 24.0. The van der Waals surface area contributed by atoms with Crippen LogP contribution < -0.4 is 16.6 Å². The molecule has 186 valence electrons. The van der Waals surface area contributed by atoms with Crippen LogP contribution in [0.5, 0.6) is 0 Å². The number of rotatable bonds is 7. The monoisotopic (exact) mass is 547 g/mol. The summed E-state index contributed by atoms with van der Waals surface area (Å²) < 4.78 is 1.42. The topological polar surface area (TPSA) is 182 Å². The van der Waals surface area contributed by atoms with Gasteiger partial charge in [-0.1, -0.05) is 5.16 Å². The fourth-order valence-corrected chi connectivity index (χ4v) is 6.75. The number of carboxylic acid groups (broad SMARTS) is 1. The zero-order valence-corrected chi connectivity index (χ0v) is 20.9. The number of β-lactam (4-membered cyclic amide) rings is 1. The Kier molecular flexibility index (Phi) is 6.23. The van der Waals surface area contributed by atoms with Gasteiger partial charge in [0, 0.05) is 17.3 Å². The highest BCUT2D eigenvalue weighted by molar-refractivity contribution is 8.00. The number of aliphatic carboxylic acids is 1. The molecule has 1 fully saturated rings. The van der Waals surface area contributed by atoms with Gasteiger partial charge < -0.3 is 21.0 Å². The van der Waals surface area contributed by atoms with Crippen molar-refractivity contribution in [2.75, 3.05) is 18.6 Å². The Bertz CT molecular complexity index is 1520. The lowest BCUT2D eigenvalue weighted by atomic mass is 10.0. The van der Waals surface area contributed by atoms with Crippen LogP contribution in [0.1, 0.15) is 5.69 Å². The third-order valence-corrected chi connectivity index (χ3v) is 8.48. The molecule has 3 aromatic heterocycles. The standard InChI is InChI=1S/C20H17N7O6S3/c1-33-25-11(10-7-35-20(21)23-10)14(28)24-12-17(30)27-13(19(31)32)8(6-34-18(12)27)5-26-16(29)9-3-2-4-22-15(9)36-26/h2-4,7,12,18H,5-6H2,1H3,(H2,21,23)(H,24,28)(H,31,32)/t12-,18-/m1/s1. The average Bonchev–Trinajstić information content (AvgIpc) is 3.43. The van der Waals surface area contributed by atoms with Crippen molar-refractivity contribution in [3.8, 4) is 0 Å². The summed E-state index contributed by atoms with van der Waals surface area (Å²) in [5, 5.41) is 17.8. The number of hydrogen-bond acceptors (Lipinski definition) is 12. The van der Waals surface area contributed by atoms with Crippen LogP contribution in [-0.2, 0) is 25.8 Å². The second-order valence-corrected chi connectivity index (χ2v) is 10.6. The Morgan fingerprint density at radius 3 is 2.86 bits per heavy atom. The van der Waals surface area contributed by atoms with Gasteiger partial charge in [-0.3, -0.25) is 23.2 Å². The molecule has 5 heterocycles. The summed E-state index contributed by atoms with van der Waals surface area (Å²) in [6.45, 7) is 0.0118. The number of nitrogens with two attached hydrogens (primary N) is 1.